The van der Waals surface area contributed by atoms with Crippen molar-refractivity contribution in [2.75, 3.05) is 10.6 Å². The molecule has 0 fully saturated rings. The Hall–Kier alpha value is -2.86. The van der Waals surface area contributed by atoms with Crippen LogP contribution in [-0.2, 0) is 11.3 Å². The highest BCUT2D eigenvalue weighted by Crippen LogP contribution is 2.27. The summed E-state index contributed by atoms with van der Waals surface area (Å²) < 4.78 is 0. The zero-order valence-corrected chi connectivity index (χ0v) is 12.2. The highest BCUT2D eigenvalue weighted by molar-refractivity contribution is 5.89. The number of hydrogen-bond donors (Lipinski definition) is 3. The van der Waals surface area contributed by atoms with Crippen LogP contribution in [0.25, 0.3) is 6.08 Å². The van der Waals surface area contributed by atoms with Crippen LogP contribution >= 0.6 is 0 Å². The Morgan fingerprint density at radius 1 is 1.32 bits per heavy atom. The Morgan fingerprint density at radius 3 is 2.95 bits per heavy atom. The first kappa shape index (κ1) is 14.1. The van der Waals surface area contributed by atoms with E-state index in [1.54, 1.807) is 11.2 Å². The molecule has 0 unspecified atom stereocenters. The summed E-state index contributed by atoms with van der Waals surface area (Å²) in [6, 6.07) is 9.48. The molecular weight excluding hydrogens is 278 g/mol. The standard InChI is InChI=1S/C16H17N5O/c1-11(22)19-12-3-2-4-13(9-12)20-15-5-7-18-16-10-21(17)8-6-14(15)16/h2-9H,10,17H2,1H3,(H,18,20)(H,19,22). The van der Waals surface area contributed by atoms with Gasteiger partial charge in [-0.15, -0.1) is 0 Å². The van der Waals surface area contributed by atoms with Crippen molar-refractivity contribution in [1.82, 2.24) is 9.99 Å². The van der Waals surface area contributed by atoms with Crippen molar-refractivity contribution >= 4 is 29.0 Å². The van der Waals surface area contributed by atoms with Gasteiger partial charge in [0.2, 0.25) is 5.91 Å². The third-order valence-electron chi connectivity index (χ3n) is 3.30. The number of amides is 1. The van der Waals surface area contributed by atoms with Crippen LogP contribution in [0.2, 0.25) is 0 Å². The van der Waals surface area contributed by atoms with Crippen LogP contribution in [0.1, 0.15) is 18.2 Å². The summed E-state index contributed by atoms with van der Waals surface area (Å²) in [5, 5.41) is 7.72. The maximum atomic E-state index is 11.1. The topological polar surface area (TPSA) is 83.3 Å². The second-order valence-electron chi connectivity index (χ2n) is 5.09. The molecule has 2 aromatic rings. The first-order valence-electron chi connectivity index (χ1n) is 6.94. The van der Waals surface area contributed by atoms with Crippen LogP contribution in [0.3, 0.4) is 0 Å². The molecule has 4 N–H and O–H groups in total. The first-order chi connectivity index (χ1) is 10.6. The van der Waals surface area contributed by atoms with Crippen molar-refractivity contribution in [2.45, 2.75) is 13.5 Å². The molecule has 112 valence electrons. The molecule has 2 heterocycles. The van der Waals surface area contributed by atoms with Gasteiger partial charge < -0.3 is 15.6 Å². The fraction of sp³-hybridized carbons (Fsp3) is 0.125. The summed E-state index contributed by atoms with van der Waals surface area (Å²) in [4.78, 5) is 15.5. The molecule has 0 saturated heterocycles. The number of carbonyl (C=O) groups is 1. The van der Waals surface area contributed by atoms with Crippen molar-refractivity contribution in [3.63, 3.8) is 0 Å². The molecule has 0 spiro atoms. The van der Waals surface area contributed by atoms with Crippen LogP contribution in [-0.4, -0.2) is 15.9 Å². The first-order valence-corrected chi connectivity index (χ1v) is 6.94. The van der Waals surface area contributed by atoms with Gasteiger partial charge in [-0.25, -0.2) is 5.84 Å². The number of nitrogens with one attached hydrogen (secondary N) is 2. The number of carbonyl (C=O) groups excluding carboxylic acids is 1. The highest BCUT2D eigenvalue weighted by atomic mass is 16.1. The molecule has 3 rings (SSSR count). The summed E-state index contributed by atoms with van der Waals surface area (Å²) in [5.41, 5.74) is 4.55. The van der Waals surface area contributed by atoms with Crippen LogP contribution < -0.4 is 16.5 Å². The lowest BCUT2D eigenvalue weighted by molar-refractivity contribution is -0.114. The fourth-order valence-electron chi connectivity index (χ4n) is 2.37. The lowest BCUT2D eigenvalue weighted by atomic mass is 10.1. The van der Waals surface area contributed by atoms with Crippen LogP contribution in [0.4, 0.5) is 17.1 Å². The Labute approximate surface area is 128 Å². The normalized spacial score (nSPS) is 12.7. The van der Waals surface area contributed by atoms with Gasteiger partial charge >= 0.3 is 0 Å². The van der Waals surface area contributed by atoms with Crippen molar-refractivity contribution in [3.8, 4) is 0 Å². The molecule has 1 aromatic heterocycles. The minimum Gasteiger partial charge on any atom is -0.355 e. The van der Waals surface area contributed by atoms with E-state index in [0.29, 0.717) is 6.54 Å². The van der Waals surface area contributed by atoms with E-state index in [-0.39, 0.29) is 5.91 Å². The Kier molecular flexibility index (Phi) is 3.76. The zero-order chi connectivity index (χ0) is 15.5. The second-order valence-corrected chi connectivity index (χ2v) is 5.09. The van der Waals surface area contributed by atoms with Gasteiger partial charge in [0, 0.05) is 41.9 Å². The molecule has 6 nitrogen and oxygen atoms in total. The van der Waals surface area contributed by atoms with Gasteiger partial charge in [-0.1, -0.05) is 6.07 Å². The number of aromatic nitrogens is 1. The molecule has 1 aliphatic rings. The second kappa shape index (κ2) is 5.87. The van der Waals surface area contributed by atoms with Gasteiger partial charge in [0.05, 0.1) is 12.2 Å². The molecule has 0 radical (unpaired) electrons. The predicted octanol–water partition coefficient (Wildman–Crippen LogP) is 2.44. The third-order valence-corrected chi connectivity index (χ3v) is 3.30. The van der Waals surface area contributed by atoms with Crippen LogP contribution in [0.15, 0.2) is 42.7 Å². The Bertz CT molecular complexity index is 741. The summed E-state index contributed by atoms with van der Waals surface area (Å²) in [6.45, 7) is 2.07. The fourth-order valence-corrected chi connectivity index (χ4v) is 2.37. The summed E-state index contributed by atoms with van der Waals surface area (Å²) in [7, 11) is 0. The number of fused-ring (bicyclic) bond motifs is 1. The lowest BCUT2D eigenvalue weighted by Gasteiger charge is -2.21. The molecule has 0 saturated carbocycles. The number of rotatable bonds is 3. The van der Waals surface area contributed by atoms with Gasteiger partial charge in [-0.2, -0.15) is 0 Å². The van der Waals surface area contributed by atoms with Gasteiger partial charge in [-0.3, -0.25) is 9.78 Å². The van der Waals surface area contributed by atoms with Crippen molar-refractivity contribution in [1.29, 1.82) is 0 Å². The molecule has 0 bridgehead atoms. The van der Waals surface area contributed by atoms with E-state index < -0.39 is 0 Å². The van der Waals surface area contributed by atoms with Crippen molar-refractivity contribution in [2.24, 2.45) is 5.84 Å². The Balaban J connectivity index is 1.87. The van der Waals surface area contributed by atoms with E-state index in [4.69, 9.17) is 5.84 Å². The van der Waals surface area contributed by atoms with E-state index >= 15 is 0 Å². The minimum absolute atomic E-state index is 0.0931. The number of hydrogen-bond acceptors (Lipinski definition) is 5. The summed E-state index contributed by atoms with van der Waals surface area (Å²) in [6.07, 6.45) is 5.51. The van der Waals surface area contributed by atoms with Crippen molar-refractivity contribution < 1.29 is 4.79 Å². The molecule has 1 aromatic carbocycles. The predicted molar refractivity (Wildman–Crippen MR) is 87.0 cm³/mol. The smallest absolute Gasteiger partial charge is 0.221 e. The summed E-state index contributed by atoms with van der Waals surface area (Å²) >= 11 is 0. The molecule has 1 aliphatic heterocycles. The average Bonchev–Trinajstić information content (AvgIpc) is 2.47. The average molecular weight is 295 g/mol. The molecular formula is C16H17N5O. The number of nitrogens with zero attached hydrogens (tertiary/aromatic N) is 2. The molecule has 0 atom stereocenters. The maximum absolute atomic E-state index is 11.1. The van der Waals surface area contributed by atoms with Crippen LogP contribution in [0, 0.1) is 0 Å². The van der Waals surface area contributed by atoms with Gasteiger partial charge in [0.15, 0.2) is 0 Å². The van der Waals surface area contributed by atoms with E-state index in [2.05, 4.69) is 15.6 Å². The highest BCUT2D eigenvalue weighted by Gasteiger charge is 2.13. The van der Waals surface area contributed by atoms with Gasteiger partial charge in [0.1, 0.15) is 0 Å². The molecule has 22 heavy (non-hydrogen) atoms. The van der Waals surface area contributed by atoms with E-state index in [1.807, 2.05) is 42.6 Å². The van der Waals surface area contributed by atoms with Crippen LogP contribution in [0.5, 0.6) is 0 Å². The molecule has 1 amide bonds. The number of benzene rings is 1. The van der Waals surface area contributed by atoms with E-state index in [9.17, 15) is 4.79 Å². The number of hydrazine groups is 1. The summed E-state index contributed by atoms with van der Waals surface area (Å²) in [5.74, 6) is 5.67. The monoisotopic (exact) mass is 295 g/mol. The van der Waals surface area contributed by atoms with E-state index in [0.717, 1.165) is 28.3 Å². The number of nitrogens with two attached hydrogens (primary N) is 1. The minimum atomic E-state index is -0.0931. The quantitative estimate of drug-likeness (QED) is 0.758. The third kappa shape index (κ3) is 3.07. The number of anilines is 3. The van der Waals surface area contributed by atoms with Crippen molar-refractivity contribution in [3.05, 3.63) is 54.0 Å². The lowest BCUT2D eigenvalue weighted by Crippen LogP contribution is -2.27. The number of pyridine rings is 1. The zero-order valence-electron chi connectivity index (χ0n) is 12.2. The molecule has 0 aliphatic carbocycles. The molecule has 6 heteroatoms. The SMILES string of the molecule is CC(=O)Nc1cccc(Nc2ccnc3c2C=CN(N)C3)c1. The van der Waals surface area contributed by atoms with Gasteiger partial charge in [0.25, 0.3) is 0 Å². The maximum Gasteiger partial charge on any atom is 0.221 e. The van der Waals surface area contributed by atoms with E-state index in [1.165, 1.54) is 6.92 Å². The van der Waals surface area contributed by atoms with Gasteiger partial charge in [-0.05, 0) is 30.3 Å². The largest absolute Gasteiger partial charge is 0.355 e. The Morgan fingerprint density at radius 2 is 2.14 bits per heavy atom.